The van der Waals surface area contributed by atoms with Crippen molar-refractivity contribution in [3.63, 3.8) is 0 Å². The van der Waals surface area contributed by atoms with Crippen molar-refractivity contribution in [1.82, 2.24) is 14.9 Å². The van der Waals surface area contributed by atoms with Crippen LogP contribution in [0, 0.1) is 0 Å². The first-order chi connectivity index (χ1) is 10.1. The summed E-state index contributed by atoms with van der Waals surface area (Å²) < 4.78 is 1.94. The van der Waals surface area contributed by atoms with Gasteiger partial charge in [0, 0.05) is 19.6 Å². The van der Waals surface area contributed by atoms with Crippen LogP contribution in [0.15, 0.2) is 36.8 Å². The number of benzene rings is 1. The van der Waals surface area contributed by atoms with E-state index in [0.717, 1.165) is 23.4 Å². The highest BCUT2D eigenvalue weighted by molar-refractivity contribution is 5.34. The average molecular weight is 289 g/mol. The molecule has 2 rings (SSSR count). The second kappa shape index (κ2) is 6.85. The van der Waals surface area contributed by atoms with Crippen molar-refractivity contribution in [2.75, 3.05) is 13.2 Å². The number of aromatic nitrogens is 2. The average Bonchev–Trinajstić information content (AvgIpc) is 2.97. The SMILES string of the molecule is CCn1cncc1C(C)(O)c1cccc(CNCCO)c1. The lowest BCUT2D eigenvalue weighted by Crippen LogP contribution is -2.26. The number of aliphatic hydroxyl groups is 2. The molecule has 5 nitrogen and oxygen atoms in total. The molecular weight excluding hydrogens is 266 g/mol. The molecule has 0 spiro atoms. The van der Waals surface area contributed by atoms with Crippen LogP contribution in [0.2, 0.25) is 0 Å². The van der Waals surface area contributed by atoms with E-state index in [9.17, 15) is 5.11 Å². The smallest absolute Gasteiger partial charge is 0.128 e. The normalized spacial score (nSPS) is 14.1. The quantitative estimate of drug-likeness (QED) is 0.671. The van der Waals surface area contributed by atoms with Gasteiger partial charge in [0.05, 0.1) is 24.8 Å². The second-order valence-corrected chi connectivity index (χ2v) is 5.24. The fraction of sp³-hybridized carbons (Fsp3) is 0.438. The summed E-state index contributed by atoms with van der Waals surface area (Å²) >= 11 is 0. The maximum absolute atomic E-state index is 10.9. The number of hydrogen-bond donors (Lipinski definition) is 3. The molecule has 21 heavy (non-hydrogen) atoms. The standard InChI is InChI=1S/C16H23N3O2/c1-3-19-12-18-11-15(19)16(2,21)14-6-4-5-13(9-14)10-17-7-8-20/h4-6,9,11-12,17,20-21H,3,7-8,10H2,1-2H3. The van der Waals surface area contributed by atoms with Crippen LogP contribution in [0.25, 0.3) is 0 Å². The molecule has 0 aliphatic carbocycles. The molecule has 3 N–H and O–H groups in total. The highest BCUT2D eigenvalue weighted by Crippen LogP contribution is 2.29. The van der Waals surface area contributed by atoms with Gasteiger partial charge >= 0.3 is 0 Å². The summed E-state index contributed by atoms with van der Waals surface area (Å²) in [5.41, 5.74) is 1.61. The zero-order valence-electron chi connectivity index (χ0n) is 12.6. The summed E-state index contributed by atoms with van der Waals surface area (Å²) in [5.74, 6) is 0. The summed E-state index contributed by atoms with van der Waals surface area (Å²) in [5, 5.41) is 22.9. The number of nitrogens with one attached hydrogen (secondary N) is 1. The largest absolute Gasteiger partial charge is 0.395 e. The van der Waals surface area contributed by atoms with E-state index in [0.29, 0.717) is 13.1 Å². The van der Waals surface area contributed by atoms with E-state index in [4.69, 9.17) is 5.11 Å². The number of nitrogens with zero attached hydrogens (tertiary/aromatic N) is 2. The Morgan fingerprint density at radius 3 is 2.90 bits per heavy atom. The molecule has 0 fully saturated rings. The molecule has 0 saturated carbocycles. The molecule has 0 saturated heterocycles. The molecular formula is C16H23N3O2. The summed E-state index contributed by atoms with van der Waals surface area (Å²) in [6, 6.07) is 7.84. The minimum absolute atomic E-state index is 0.118. The topological polar surface area (TPSA) is 70.3 Å². The molecule has 0 aliphatic heterocycles. The van der Waals surface area contributed by atoms with Crippen molar-refractivity contribution in [3.8, 4) is 0 Å². The summed E-state index contributed by atoms with van der Waals surface area (Å²) in [7, 11) is 0. The van der Waals surface area contributed by atoms with Gasteiger partial charge in [0.1, 0.15) is 5.60 Å². The Labute approximate surface area is 125 Å². The Balaban J connectivity index is 2.25. The van der Waals surface area contributed by atoms with Crippen LogP contribution in [0.3, 0.4) is 0 Å². The van der Waals surface area contributed by atoms with Gasteiger partial charge < -0.3 is 20.1 Å². The van der Waals surface area contributed by atoms with Crippen LogP contribution in [0.4, 0.5) is 0 Å². The van der Waals surface area contributed by atoms with E-state index in [1.807, 2.05) is 35.8 Å². The number of aliphatic hydroxyl groups excluding tert-OH is 1. The maximum atomic E-state index is 10.9. The van der Waals surface area contributed by atoms with E-state index >= 15 is 0 Å². The molecule has 5 heteroatoms. The lowest BCUT2D eigenvalue weighted by Gasteiger charge is -2.25. The van der Waals surface area contributed by atoms with Gasteiger partial charge in [-0.15, -0.1) is 0 Å². The Bertz CT molecular complexity index is 578. The third-order valence-corrected chi connectivity index (χ3v) is 3.66. The van der Waals surface area contributed by atoms with E-state index in [1.54, 1.807) is 19.4 Å². The van der Waals surface area contributed by atoms with Crippen molar-refractivity contribution in [2.24, 2.45) is 0 Å². The molecule has 0 aliphatic rings. The van der Waals surface area contributed by atoms with Crippen molar-refractivity contribution in [1.29, 1.82) is 0 Å². The first-order valence-corrected chi connectivity index (χ1v) is 7.23. The first-order valence-electron chi connectivity index (χ1n) is 7.23. The Kier molecular flexibility index (Phi) is 5.12. The van der Waals surface area contributed by atoms with Gasteiger partial charge in [0.2, 0.25) is 0 Å². The highest BCUT2D eigenvalue weighted by atomic mass is 16.3. The zero-order chi connectivity index (χ0) is 15.3. The Morgan fingerprint density at radius 2 is 2.19 bits per heavy atom. The van der Waals surface area contributed by atoms with Crippen LogP contribution in [0.1, 0.15) is 30.7 Å². The maximum Gasteiger partial charge on any atom is 0.128 e. The van der Waals surface area contributed by atoms with Crippen molar-refractivity contribution in [2.45, 2.75) is 32.5 Å². The Hall–Kier alpha value is -1.69. The molecule has 1 heterocycles. The summed E-state index contributed by atoms with van der Waals surface area (Å²) in [4.78, 5) is 4.13. The molecule has 1 aromatic heterocycles. The van der Waals surface area contributed by atoms with Gasteiger partial charge in [-0.2, -0.15) is 0 Å². The molecule has 1 aromatic carbocycles. The molecule has 2 aromatic rings. The molecule has 0 radical (unpaired) electrons. The van der Waals surface area contributed by atoms with Crippen molar-refractivity contribution < 1.29 is 10.2 Å². The minimum Gasteiger partial charge on any atom is -0.395 e. The second-order valence-electron chi connectivity index (χ2n) is 5.24. The van der Waals surface area contributed by atoms with Crippen LogP contribution in [0.5, 0.6) is 0 Å². The lowest BCUT2D eigenvalue weighted by molar-refractivity contribution is 0.0931. The monoisotopic (exact) mass is 289 g/mol. The minimum atomic E-state index is -1.08. The fourth-order valence-corrected chi connectivity index (χ4v) is 2.42. The number of imidazole rings is 1. The van der Waals surface area contributed by atoms with Gasteiger partial charge in [-0.1, -0.05) is 24.3 Å². The van der Waals surface area contributed by atoms with E-state index in [1.165, 1.54) is 0 Å². The molecule has 1 unspecified atom stereocenters. The van der Waals surface area contributed by atoms with Gasteiger partial charge in [-0.3, -0.25) is 0 Å². The summed E-state index contributed by atoms with van der Waals surface area (Å²) in [6.07, 6.45) is 3.44. The van der Waals surface area contributed by atoms with Crippen LogP contribution >= 0.6 is 0 Å². The van der Waals surface area contributed by atoms with E-state index in [-0.39, 0.29) is 6.61 Å². The number of aryl methyl sites for hydroxylation is 1. The molecule has 114 valence electrons. The van der Waals surface area contributed by atoms with Gasteiger partial charge in [-0.05, 0) is 25.0 Å². The predicted octanol–water partition coefficient (Wildman–Crippen LogP) is 1.24. The molecule has 0 bridgehead atoms. The number of hydrogen-bond acceptors (Lipinski definition) is 4. The molecule has 1 atom stereocenters. The van der Waals surface area contributed by atoms with E-state index < -0.39 is 5.60 Å². The third-order valence-electron chi connectivity index (χ3n) is 3.66. The highest BCUT2D eigenvalue weighted by Gasteiger charge is 2.29. The first kappa shape index (κ1) is 15.7. The van der Waals surface area contributed by atoms with Crippen LogP contribution in [-0.2, 0) is 18.7 Å². The number of rotatable bonds is 7. The van der Waals surface area contributed by atoms with Crippen LogP contribution in [-0.4, -0.2) is 32.9 Å². The van der Waals surface area contributed by atoms with Crippen molar-refractivity contribution in [3.05, 3.63) is 53.6 Å². The van der Waals surface area contributed by atoms with Gasteiger partial charge in [-0.25, -0.2) is 4.98 Å². The predicted molar refractivity (Wildman–Crippen MR) is 81.8 cm³/mol. The van der Waals surface area contributed by atoms with E-state index in [2.05, 4.69) is 10.3 Å². The van der Waals surface area contributed by atoms with Crippen LogP contribution < -0.4 is 5.32 Å². The lowest BCUT2D eigenvalue weighted by atomic mass is 9.91. The third kappa shape index (κ3) is 3.50. The Morgan fingerprint density at radius 1 is 1.38 bits per heavy atom. The van der Waals surface area contributed by atoms with Gasteiger partial charge in [0.15, 0.2) is 0 Å². The zero-order valence-corrected chi connectivity index (χ0v) is 12.6. The van der Waals surface area contributed by atoms with Gasteiger partial charge in [0.25, 0.3) is 0 Å². The fourth-order valence-electron chi connectivity index (χ4n) is 2.42. The molecule has 0 amide bonds. The summed E-state index contributed by atoms with van der Waals surface area (Å²) in [6.45, 7) is 5.92. The van der Waals surface area contributed by atoms with Crippen molar-refractivity contribution >= 4 is 0 Å².